The molecule has 24 heavy (non-hydrogen) atoms. The highest BCUT2D eigenvalue weighted by Crippen LogP contribution is 2.29. The van der Waals surface area contributed by atoms with Crippen molar-refractivity contribution in [2.24, 2.45) is 5.73 Å². The van der Waals surface area contributed by atoms with Gasteiger partial charge in [0.05, 0.1) is 5.75 Å². The molecular formula is C18H23ClN2O2S. The lowest BCUT2D eigenvalue weighted by Gasteiger charge is -2.17. The van der Waals surface area contributed by atoms with Gasteiger partial charge in [-0.25, -0.2) is 8.42 Å². The topological polar surface area (TPSA) is 63.4 Å². The number of nitrogens with zero attached hydrogens (tertiary/aromatic N) is 1. The van der Waals surface area contributed by atoms with Gasteiger partial charge in [0.2, 0.25) is 10.0 Å². The molecule has 0 saturated carbocycles. The second-order valence-corrected chi connectivity index (χ2v) is 8.15. The average Bonchev–Trinajstić information content (AvgIpc) is 2.93. The number of aryl methyl sites for hydroxylation is 1. The minimum atomic E-state index is -3.36. The van der Waals surface area contributed by atoms with Crippen molar-refractivity contribution in [3.8, 4) is 0 Å². The first-order valence-electron chi connectivity index (χ1n) is 7.80. The van der Waals surface area contributed by atoms with Crippen molar-refractivity contribution in [2.75, 3.05) is 13.1 Å². The van der Waals surface area contributed by atoms with Crippen molar-refractivity contribution in [3.05, 3.63) is 71.3 Å². The molecule has 0 bridgehead atoms. The molecule has 1 saturated heterocycles. The Morgan fingerprint density at radius 1 is 1.04 bits per heavy atom. The summed E-state index contributed by atoms with van der Waals surface area (Å²) in [6.07, 6.45) is 0. The monoisotopic (exact) mass is 366 g/mol. The normalized spacial score (nSPS) is 21.4. The van der Waals surface area contributed by atoms with E-state index in [2.05, 4.69) is 0 Å². The Balaban J connectivity index is 0.00000208. The molecule has 1 heterocycles. The molecule has 0 unspecified atom stereocenters. The molecule has 2 N–H and O–H groups in total. The molecule has 1 aliphatic rings. The lowest BCUT2D eigenvalue weighted by atomic mass is 9.95. The highest BCUT2D eigenvalue weighted by Gasteiger charge is 2.37. The first-order valence-corrected chi connectivity index (χ1v) is 9.41. The molecule has 2 aromatic rings. The lowest BCUT2D eigenvalue weighted by Crippen LogP contribution is -2.33. The summed E-state index contributed by atoms with van der Waals surface area (Å²) in [5.41, 5.74) is 9.17. The van der Waals surface area contributed by atoms with Crippen LogP contribution in [0.25, 0.3) is 0 Å². The van der Waals surface area contributed by atoms with Gasteiger partial charge in [0.15, 0.2) is 0 Å². The molecule has 0 amide bonds. The second-order valence-electron chi connectivity index (χ2n) is 6.18. The Morgan fingerprint density at radius 2 is 1.67 bits per heavy atom. The third-order valence-electron chi connectivity index (χ3n) is 4.55. The maximum atomic E-state index is 12.7. The maximum absolute atomic E-state index is 12.7. The summed E-state index contributed by atoms with van der Waals surface area (Å²) in [6, 6.07) is 17.4. The minimum Gasteiger partial charge on any atom is -0.326 e. The number of sulfonamides is 1. The van der Waals surface area contributed by atoms with Crippen molar-refractivity contribution in [2.45, 2.75) is 24.6 Å². The van der Waals surface area contributed by atoms with E-state index in [4.69, 9.17) is 5.73 Å². The standard InChI is InChI=1S/C18H22N2O2S.ClH/c1-14-7-5-6-10-16(14)13-23(21,22)20-11-17(18(19)12-20)15-8-3-2-4-9-15;/h2-10,17-18H,11-13,19H2,1H3;1H/t17-,18+;/m0./s1. The molecule has 1 aliphatic heterocycles. The quantitative estimate of drug-likeness (QED) is 0.904. The number of halogens is 1. The smallest absolute Gasteiger partial charge is 0.218 e. The Labute approximate surface area is 150 Å². The summed E-state index contributed by atoms with van der Waals surface area (Å²) in [4.78, 5) is 0. The van der Waals surface area contributed by atoms with E-state index in [0.29, 0.717) is 13.1 Å². The molecular weight excluding hydrogens is 344 g/mol. The summed E-state index contributed by atoms with van der Waals surface area (Å²) in [6.45, 7) is 2.78. The number of hydrogen-bond acceptors (Lipinski definition) is 3. The molecule has 0 aliphatic carbocycles. The Morgan fingerprint density at radius 3 is 2.33 bits per heavy atom. The van der Waals surface area contributed by atoms with Crippen LogP contribution < -0.4 is 5.73 Å². The predicted molar refractivity (Wildman–Crippen MR) is 99.8 cm³/mol. The van der Waals surface area contributed by atoms with Gasteiger partial charge < -0.3 is 5.73 Å². The summed E-state index contributed by atoms with van der Waals surface area (Å²) >= 11 is 0. The van der Waals surface area contributed by atoms with Crippen molar-refractivity contribution in [1.29, 1.82) is 0 Å². The fourth-order valence-electron chi connectivity index (χ4n) is 3.13. The van der Waals surface area contributed by atoms with Gasteiger partial charge >= 0.3 is 0 Å². The molecule has 0 radical (unpaired) electrons. The van der Waals surface area contributed by atoms with Crippen LogP contribution in [0.1, 0.15) is 22.6 Å². The van der Waals surface area contributed by atoms with Gasteiger partial charge in [0.25, 0.3) is 0 Å². The molecule has 4 nitrogen and oxygen atoms in total. The van der Waals surface area contributed by atoms with Crippen LogP contribution >= 0.6 is 12.4 Å². The third-order valence-corrected chi connectivity index (χ3v) is 6.31. The molecule has 0 aromatic heterocycles. The summed E-state index contributed by atoms with van der Waals surface area (Å²) in [5, 5.41) is 0. The number of hydrogen-bond donors (Lipinski definition) is 1. The minimum absolute atomic E-state index is 0. The van der Waals surface area contributed by atoms with E-state index < -0.39 is 10.0 Å². The SMILES string of the molecule is Cc1ccccc1CS(=O)(=O)N1C[C@@H](N)[C@H](c2ccccc2)C1.Cl. The Kier molecular flexibility index (Phi) is 6.04. The zero-order chi connectivity index (χ0) is 16.4. The van der Waals surface area contributed by atoms with Gasteiger partial charge in [0.1, 0.15) is 0 Å². The van der Waals surface area contributed by atoms with Crippen LogP contribution in [0.5, 0.6) is 0 Å². The number of nitrogens with two attached hydrogens (primary N) is 1. The summed E-state index contributed by atoms with van der Waals surface area (Å²) in [5.74, 6) is 0.0938. The zero-order valence-corrected chi connectivity index (χ0v) is 15.3. The first-order chi connectivity index (χ1) is 11.0. The van der Waals surface area contributed by atoms with Gasteiger partial charge in [-0.2, -0.15) is 4.31 Å². The van der Waals surface area contributed by atoms with Crippen LogP contribution in [0.15, 0.2) is 54.6 Å². The molecule has 1 fully saturated rings. The van der Waals surface area contributed by atoms with Crippen LogP contribution in [0.2, 0.25) is 0 Å². The van der Waals surface area contributed by atoms with Gasteiger partial charge in [0, 0.05) is 25.0 Å². The maximum Gasteiger partial charge on any atom is 0.218 e. The number of benzene rings is 2. The van der Waals surface area contributed by atoms with Crippen molar-refractivity contribution >= 4 is 22.4 Å². The van der Waals surface area contributed by atoms with E-state index in [-0.39, 0.29) is 30.1 Å². The van der Waals surface area contributed by atoms with E-state index in [1.165, 1.54) is 0 Å². The van der Waals surface area contributed by atoms with Crippen molar-refractivity contribution in [1.82, 2.24) is 4.31 Å². The summed E-state index contributed by atoms with van der Waals surface area (Å²) < 4.78 is 27.0. The van der Waals surface area contributed by atoms with Crippen LogP contribution in [-0.4, -0.2) is 31.9 Å². The zero-order valence-electron chi connectivity index (χ0n) is 13.6. The summed E-state index contributed by atoms with van der Waals surface area (Å²) in [7, 11) is -3.36. The largest absolute Gasteiger partial charge is 0.326 e. The van der Waals surface area contributed by atoms with E-state index in [1.54, 1.807) is 4.31 Å². The lowest BCUT2D eigenvalue weighted by molar-refractivity contribution is 0.469. The third kappa shape index (κ3) is 3.98. The van der Waals surface area contributed by atoms with Crippen molar-refractivity contribution in [3.63, 3.8) is 0 Å². The van der Waals surface area contributed by atoms with E-state index in [0.717, 1.165) is 16.7 Å². The second kappa shape index (κ2) is 7.66. The van der Waals surface area contributed by atoms with Gasteiger partial charge in [-0.3, -0.25) is 0 Å². The van der Waals surface area contributed by atoms with Crippen LogP contribution in [-0.2, 0) is 15.8 Å². The fourth-order valence-corrected chi connectivity index (χ4v) is 4.82. The molecule has 0 spiro atoms. The molecule has 2 aromatic carbocycles. The fraction of sp³-hybridized carbons (Fsp3) is 0.333. The molecule has 6 heteroatoms. The molecule has 130 valence electrons. The average molecular weight is 367 g/mol. The van der Waals surface area contributed by atoms with E-state index >= 15 is 0 Å². The Bertz CT molecular complexity index is 781. The highest BCUT2D eigenvalue weighted by molar-refractivity contribution is 7.88. The van der Waals surface area contributed by atoms with Crippen LogP contribution in [0.4, 0.5) is 0 Å². The van der Waals surface area contributed by atoms with E-state index in [9.17, 15) is 8.42 Å². The van der Waals surface area contributed by atoms with Gasteiger partial charge in [-0.1, -0.05) is 54.6 Å². The van der Waals surface area contributed by atoms with Gasteiger partial charge in [-0.15, -0.1) is 12.4 Å². The van der Waals surface area contributed by atoms with Crippen LogP contribution in [0.3, 0.4) is 0 Å². The van der Waals surface area contributed by atoms with Gasteiger partial charge in [-0.05, 0) is 23.6 Å². The van der Waals surface area contributed by atoms with Crippen molar-refractivity contribution < 1.29 is 8.42 Å². The molecule has 2 atom stereocenters. The Hall–Kier alpha value is -1.40. The van der Waals surface area contributed by atoms with Crippen LogP contribution in [0, 0.1) is 6.92 Å². The predicted octanol–water partition coefficient (Wildman–Crippen LogP) is 2.67. The molecule has 3 rings (SSSR count). The van der Waals surface area contributed by atoms with E-state index in [1.807, 2.05) is 61.5 Å². The first kappa shape index (κ1) is 18.9. The number of rotatable bonds is 4. The highest BCUT2D eigenvalue weighted by atomic mass is 35.5.